The summed E-state index contributed by atoms with van der Waals surface area (Å²) in [4.78, 5) is 24.0. The summed E-state index contributed by atoms with van der Waals surface area (Å²) < 4.78 is 23.0. The molecule has 1 aliphatic rings. The van der Waals surface area contributed by atoms with Gasteiger partial charge in [-0.2, -0.15) is 0 Å². The number of benzene rings is 1. The summed E-state index contributed by atoms with van der Waals surface area (Å²) in [5.74, 6) is 9.77. The lowest BCUT2D eigenvalue weighted by atomic mass is 9.83. The number of aliphatic hydroxyl groups excluding tert-OH is 1. The van der Waals surface area contributed by atoms with Gasteiger partial charge in [0, 0.05) is 17.5 Å². The van der Waals surface area contributed by atoms with Crippen LogP contribution in [0.3, 0.4) is 0 Å². The van der Waals surface area contributed by atoms with E-state index in [4.69, 9.17) is 11.5 Å². The summed E-state index contributed by atoms with van der Waals surface area (Å²) in [6, 6.07) is 4.53. The summed E-state index contributed by atoms with van der Waals surface area (Å²) in [5.41, 5.74) is -0.689. The minimum atomic E-state index is -3.40. The molecule has 2 rings (SSSR count). The Morgan fingerprint density at radius 2 is 1.86 bits per heavy atom. The predicted octanol–water partition coefficient (Wildman–Crippen LogP) is -0.345. The molecule has 0 spiro atoms. The molecule has 1 heterocycles. The Bertz CT molecular complexity index is 1030. The molecular weight excluding hydrogens is 382 g/mol. The van der Waals surface area contributed by atoms with E-state index >= 15 is 0 Å². The molecule has 1 aromatic rings. The normalized spacial score (nSPS) is 16.6. The second-order valence-corrected chi connectivity index (χ2v) is 8.24. The average Bonchev–Trinajstić information content (AvgIpc) is 2.63. The number of sulfone groups is 1. The number of aliphatic hydroxyl groups is 1. The first-order chi connectivity index (χ1) is 13.2. The molecule has 1 aromatic carbocycles. The number of aliphatic carboxylic acids is 1. The van der Waals surface area contributed by atoms with Crippen LogP contribution < -0.4 is 5.32 Å². The smallest absolute Gasteiger partial charge is 0.327 e. The average molecular weight is 399 g/mol. The first-order valence-corrected chi connectivity index (χ1v) is 9.97. The van der Waals surface area contributed by atoms with Gasteiger partial charge in [-0.1, -0.05) is 17.8 Å². The van der Waals surface area contributed by atoms with Crippen LogP contribution in [0.2, 0.25) is 0 Å². The van der Waals surface area contributed by atoms with Crippen molar-refractivity contribution < 1.29 is 28.2 Å². The van der Waals surface area contributed by atoms with Gasteiger partial charge < -0.3 is 15.5 Å². The van der Waals surface area contributed by atoms with Gasteiger partial charge in [0.1, 0.15) is 6.04 Å². The molecule has 0 radical (unpaired) electrons. The molecule has 1 amide bonds. The van der Waals surface area contributed by atoms with Crippen LogP contribution in [0.1, 0.15) is 22.3 Å². The Kier molecular flexibility index (Phi) is 6.49. The Morgan fingerprint density at radius 1 is 1.21 bits per heavy atom. The maximum absolute atomic E-state index is 12.4. The Hall–Kier alpha value is -3.25. The third kappa shape index (κ3) is 4.92. The van der Waals surface area contributed by atoms with Crippen LogP contribution in [-0.4, -0.2) is 54.7 Å². The van der Waals surface area contributed by atoms with E-state index in [0.29, 0.717) is 12.0 Å². The number of terminal acetylenes is 1. The Labute approximate surface area is 163 Å². The van der Waals surface area contributed by atoms with Gasteiger partial charge in [-0.3, -0.25) is 4.79 Å². The van der Waals surface area contributed by atoms with Crippen molar-refractivity contribution in [1.29, 1.82) is 0 Å². The molecule has 28 heavy (non-hydrogen) atoms. The maximum Gasteiger partial charge on any atom is 0.327 e. The fraction of sp³-hybridized carbons (Fsp3) is 0.300. The van der Waals surface area contributed by atoms with Gasteiger partial charge in [-0.15, -0.1) is 6.42 Å². The highest BCUT2D eigenvalue weighted by molar-refractivity contribution is 7.92. The van der Waals surface area contributed by atoms with Crippen molar-refractivity contribution in [3.8, 4) is 36.0 Å². The summed E-state index contributed by atoms with van der Waals surface area (Å²) >= 11 is 0. The molecule has 0 aromatic heterocycles. The van der Waals surface area contributed by atoms with Crippen molar-refractivity contribution in [2.24, 2.45) is 5.41 Å². The summed E-state index contributed by atoms with van der Waals surface area (Å²) in [6.45, 7) is -0.0390. The van der Waals surface area contributed by atoms with Crippen molar-refractivity contribution in [2.75, 3.05) is 18.1 Å². The first kappa shape index (κ1) is 21.1. The van der Waals surface area contributed by atoms with Crippen LogP contribution in [0, 0.1) is 41.4 Å². The van der Waals surface area contributed by atoms with E-state index in [1.807, 2.05) is 0 Å². The number of carbonyl (C=O) groups excluding carboxylic acids is 1. The van der Waals surface area contributed by atoms with Crippen molar-refractivity contribution in [1.82, 2.24) is 5.32 Å². The van der Waals surface area contributed by atoms with Crippen LogP contribution in [-0.2, 0) is 14.6 Å². The van der Waals surface area contributed by atoms with E-state index < -0.39 is 44.7 Å². The molecule has 7 nitrogen and oxygen atoms in total. The van der Waals surface area contributed by atoms with Gasteiger partial charge in [0.2, 0.25) is 0 Å². The van der Waals surface area contributed by atoms with Gasteiger partial charge in [0.25, 0.3) is 5.91 Å². The van der Waals surface area contributed by atoms with E-state index in [9.17, 15) is 23.1 Å². The van der Waals surface area contributed by atoms with E-state index in [1.165, 1.54) is 12.1 Å². The monoisotopic (exact) mass is 399 g/mol. The number of carbonyl (C=O) groups is 2. The number of amides is 1. The maximum atomic E-state index is 12.4. The second kappa shape index (κ2) is 8.63. The zero-order valence-corrected chi connectivity index (χ0v) is 15.5. The van der Waals surface area contributed by atoms with E-state index in [0.717, 1.165) is 0 Å². The topological polar surface area (TPSA) is 121 Å². The number of nitrogens with one attached hydrogen (secondary N) is 1. The van der Waals surface area contributed by atoms with Crippen molar-refractivity contribution in [3.63, 3.8) is 0 Å². The number of carboxylic acids is 1. The number of hydrogen-bond donors (Lipinski definition) is 3. The quantitative estimate of drug-likeness (QED) is 0.583. The lowest BCUT2D eigenvalue weighted by Gasteiger charge is -2.40. The van der Waals surface area contributed by atoms with Crippen molar-refractivity contribution in [3.05, 3.63) is 35.4 Å². The number of hydrogen-bond acceptors (Lipinski definition) is 5. The first-order valence-electron chi connectivity index (χ1n) is 8.15. The lowest BCUT2D eigenvalue weighted by molar-refractivity contribution is -0.141. The van der Waals surface area contributed by atoms with Crippen molar-refractivity contribution in [2.45, 2.75) is 12.5 Å². The highest BCUT2D eigenvalue weighted by Crippen LogP contribution is 2.36. The van der Waals surface area contributed by atoms with Crippen LogP contribution in [0.5, 0.6) is 0 Å². The molecule has 3 N–H and O–H groups in total. The highest BCUT2D eigenvalue weighted by atomic mass is 32.2. The minimum Gasteiger partial charge on any atom is -0.480 e. The zero-order chi connectivity index (χ0) is 20.8. The standard InChI is InChI=1S/C20H17NO6S/c1-2-20(13-28(26,27)14-20)17(19(24)25)21-18(23)16-10-8-15(9-11-16)7-5-3-4-6-12-22/h1,8-11,17,22H,6,12-14H2,(H,21,23)(H,24,25). The molecule has 1 saturated heterocycles. The van der Waals surface area contributed by atoms with Crippen LogP contribution in [0.15, 0.2) is 24.3 Å². The molecular formula is C20H17NO6S. The predicted molar refractivity (Wildman–Crippen MR) is 102 cm³/mol. The van der Waals surface area contributed by atoms with Crippen molar-refractivity contribution >= 4 is 21.7 Å². The Balaban J connectivity index is 2.12. The van der Waals surface area contributed by atoms with E-state index in [2.05, 4.69) is 34.9 Å². The van der Waals surface area contributed by atoms with Gasteiger partial charge in [-0.25, -0.2) is 13.2 Å². The van der Waals surface area contributed by atoms with E-state index in [1.54, 1.807) is 12.1 Å². The molecule has 0 aliphatic carbocycles. The van der Waals surface area contributed by atoms with Gasteiger partial charge in [0.05, 0.1) is 23.5 Å². The third-order valence-corrected chi connectivity index (χ3v) is 5.97. The van der Waals surface area contributed by atoms with Gasteiger partial charge >= 0.3 is 5.97 Å². The highest BCUT2D eigenvalue weighted by Gasteiger charge is 2.56. The molecule has 1 fully saturated rings. The summed E-state index contributed by atoms with van der Waals surface area (Å²) in [5, 5.41) is 20.4. The van der Waals surface area contributed by atoms with Crippen LogP contribution in [0.25, 0.3) is 0 Å². The minimum absolute atomic E-state index is 0.0390. The largest absolute Gasteiger partial charge is 0.480 e. The van der Waals surface area contributed by atoms with Crippen LogP contribution >= 0.6 is 0 Å². The second-order valence-electron chi connectivity index (χ2n) is 6.18. The lowest BCUT2D eigenvalue weighted by Crippen LogP contribution is -2.63. The number of carboxylic acid groups (broad SMARTS) is 1. The molecule has 1 atom stereocenters. The summed E-state index contributed by atoms with van der Waals surface area (Å²) in [7, 11) is -3.40. The molecule has 0 bridgehead atoms. The van der Waals surface area contributed by atoms with Crippen LogP contribution in [0.4, 0.5) is 0 Å². The van der Waals surface area contributed by atoms with Gasteiger partial charge in [-0.05, 0) is 36.1 Å². The number of rotatable bonds is 5. The zero-order valence-electron chi connectivity index (χ0n) is 14.7. The summed E-state index contributed by atoms with van der Waals surface area (Å²) in [6.07, 6.45) is 5.70. The van der Waals surface area contributed by atoms with E-state index in [-0.39, 0.29) is 12.2 Å². The molecule has 1 unspecified atom stereocenters. The SMILES string of the molecule is C#CC1(C(NC(=O)c2ccc(C#CC#CCCO)cc2)C(=O)O)CS(=O)(=O)C1. The fourth-order valence-corrected chi connectivity index (χ4v) is 4.68. The molecule has 144 valence electrons. The fourth-order valence-electron chi connectivity index (χ4n) is 2.70. The third-order valence-electron chi connectivity index (χ3n) is 4.06. The Morgan fingerprint density at radius 3 is 2.36 bits per heavy atom. The molecule has 8 heteroatoms. The molecule has 1 aliphatic heterocycles. The molecule has 0 saturated carbocycles. The van der Waals surface area contributed by atoms with Gasteiger partial charge in [0.15, 0.2) is 9.84 Å².